The Kier molecular flexibility index (Phi) is 31.5. The lowest BCUT2D eigenvalue weighted by Crippen LogP contribution is -2.41. The Morgan fingerprint density at radius 3 is 1.85 bits per heavy atom. The lowest BCUT2D eigenvalue weighted by molar-refractivity contribution is -0.120. The van der Waals surface area contributed by atoms with Crippen LogP contribution in [0.4, 0.5) is 5.69 Å². The molecule has 1 N–H and O–H groups in total. The molecule has 3 rings (SSSR count). The Balaban J connectivity index is 0. The molecule has 0 spiro atoms. The van der Waals surface area contributed by atoms with E-state index in [4.69, 9.17) is 39.5 Å². The second-order valence-electron chi connectivity index (χ2n) is 13.8. The molecule has 6 nitrogen and oxygen atoms in total. The van der Waals surface area contributed by atoms with E-state index in [1.54, 1.807) is 19.2 Å². The number of anilines is 1. The lowest BCUT2D eigenvalue weighted by Gasteiger charge is -2.35. The highest BCUT2D eigenvalue weighted by Crippen LogP contribution is 2.39. The second-order valence-corrected chi connectivity index (χ2v) is 15.1. The number of carbonyl (C=O) groups excluding carboxylic acids is 2. The number of imide groups is 1. The SMILES string of the molecule is C=C(NC)C(CC)(CC)Oc1ccc(Cl)cc1C(C)C/C(C)=C/C.C=CCCC.CC.CCC(c1cc(Cl)ccc1C)c1ccc(Cl)cc1N(C=O)C(C)=O.CCOC. The number of hydrogen-bond acceptors (Lipinski definition) is 5. The summed E-state index contributed by atoms with van der Waals surface area (Å²) in [6.07, 6.45) is 10.5. The highest BCUT2D eigenvalue weighted by molar-refractivity contribution is 6.31. The smallest absolute Gasteiger partial charge is 0.230 e. The highest BCUT2D eigenvalue weighted by Gasteiger charge is 2.33. The van der Waals surface area contributed by atoms with E-state index in [1.165, 1.54) is 18.9 Å². The maximum atomic E-state index is 11.8. The molecule has 0 aliphatic carbocycles. The summed E-state index contributed by atoms with van der Waals surface area (Å²) in [6, 6.07) is 17.0. The zero-order valence-corrected chi connectivity index (χ0v) is 40.9. The van der Waals surface area contributed by atoms with Gasteiger partial charge in [-0.2, -0.15) is 0 Å². The van der Waals surface area contributed by atoms with Crippen molar-refractivity contribution in [2.24, 2.45) is 0 Å². The molecule has 9 heteroatoms. The standard InChI is InChI=1S/C21H32ClNO.C19H19Cl2NO2.C5H10.C3H8O.C2H6/c1-8-15(4)13-16(5)19-14-18(22)11-12-20(19)24-21(9-2,10-3)17(6)23-7;1-4-16(18-9-14(20)6-5-12(18)2)17-8-7-15(21)10-19(17)22(11-23)13(3)24;1-3-5-4-2;1-3-4-2;1-2/h8,11-12,14,16,23H,6,9-10,13H2,1-5,7H3;5-11,16H,4H2,1-3H3;3H,1,4-5H2,2H3;3H2,1-2H3;1-2H3/b15-8+;;;;. The fraction of sp³-hybridized carbons (Fsp3) is 0.480. The molecule has 0 bridgehead atoms. The van der Waals surface area contributed by atoms with Crippen LogP contribution < -0.4 is 15.0 Å². The van der Waals surface area contributed by atoms with Gasteiger partial charge in [-0.1, -0.05) is 126 Å². The van der Waals surface area contributed by atoms with Gasteiger partial charge in [0.25, 0.3) is 0 Å². The van der Waals surface area contributed by atoms with Crippen molar-refractivity contribution in [2.75, 3.05) is 25.7 Å². The van der Waals surface area contributed by atoms with Gasteiger partial charge in [0.1, 0.15) is 11.4 Å². The van der Waals surface area contributed by atoms with E-state index in [9.17, 15) is 9.59 Å². The van der Waals surface area contributed by atoms with E-state index in [2.05, 4.69) is 77.8 Å². The number of ether oxygens (including phenoxy) is 2. The number of amides is 2. The molecular weight excluding hydrogens is 799 g/mol. The van der Waals surface area contributed by atoms with Gasteiger partial charge in [0.2, 0.25) is 12.3 Å². The molecule has 0 aromatic heterocycles. The summed E-state index contributed by atoms with van der Waals surface area (Å²) in [7, 11) is 3.58. The number of likely N-dealkylation sites (N-methyl/N-ethyl adjacent to an activating group) is 1. The monoisotopic (exact) mass is 872 g/mol. The van der Waals surface area contributed by atoms with Crippen LogP contribution in [0.2, 0.25) is 15.1 Å². The summed E-state index contributed by atoms with van der Waals surface area (Å²) < 4.78 is 11.1. The van der Waals surface area contributed by atoms with Crippen molar-refractivity contribution >= 4 is 52.8 Å². The second kappa shape index (κ2) is 32.3. The van der Waals surface area contributed by atoms with Gasteiger partial charge in [0.15, 0.2) is 0 Å². The molecule has 0 aliphatic heterocycles. The molecule has 0 aliphatic rings. The van der Waals surface area contributed by atoms with Crippen LogP contribution in [0.5, 0.6) is 5.75 Å². The van der Waals surface area contributed by atoms with Crippen LogP contribution >= 0.6 is 34.8 Å². The number of halogens is 3. The number of benzene rings is 3. The molecule has 330 valence electrons. The fourth-order valence-corrected chi connectivity index (χ4v) is 6.68. The Hall–Kier alpha value is -3.55. The zero-order valence-electron chi connectivity index (χ0n) is 38.7. The first-order chi connectivity index (χ1) is 28.0. The number of methoxy groups -OCH3 is 1. The molecular formula is C50H75Cl3N2O4. The fourth-order valence-electron chi connectivity index (χ4n) is 6.15. The van der Waals surface area contributed by atoms with Crippen LogP contribution in [0, 0.1) is 6.92 Å². The number of nitrogens with zero attached hydrogens (tertiary/aromatic N) is 1. The van der Waals surface area contributed by atoms with Crippen LogP contribution in [-0.2, 0) is 14.3 Å². The summed E-state index contributed by atoms with van der Waals surface area (Å²) in [4.78, 5) is 24.3. The number of nitrogens with one attached hydrogen (secondary N) is 1. The zero-order chi connectivity index (χ0) is 45.7. The number of rotatable bonds is 17. The molecule has 0 fully saturated rings. The van der Waals surface area contributed by atoms with Crippen molar-refractivity contribution in [1.29, 1.82) is 0 Å². The maximum absolute atomic E-state index is 11.8. The van der Waals surface area contributed by atoms with Gasteiger partial charge < -0.3 is 14.8 Å². The summed E-state index contributed by atoms with van der Waals surface area (Å²) in [5.41, 5.74) is 6.57. The van der Waals surface area contributed by atoms with Crippen LogP contribution in [0.3, 0.4) is 0 Å². The van der Waals surface area contributed by atoms with Crippen molar-refractivity contribution in [3.63, 3.8) is 0 Å². The third-order valence-corrected chi connectivity index (χ3v) is 10.5. The topological polar surface area (TPSA) is 67.9 Å². The van der Waals surface area contributed by atoms with Gasteiger partial charge in [0.05, 0.1) is 5.69 Å². The van der Waals surface area contributed by atoms with E-state index in [1.807, 2.05) is 83.3 Å². The minimum Gasteiger partial charge on any atom is -0.481 e. The average molecular weight is 875 g/mol. The Bertz CT molecular complexity index is 1720. The lowest BCUT2D eigenvalue weighted by atomic mass is 9.85. The number of carbonyl (C=O) groups is 2. The number of hydrogen-bond donors (Lipinski definition) is 1. The van der Waals surface area contributed by atoms with Crippen LogP contribution in [0.1, 0.15) is 149 Å². The van der Waals surface area contributed by atoms with Gasteiger partial charge in [-0.15, -0.1) is 6.58 Å². The van der Waals surface area contributed by atoms with Crippen molar-refractivity contribution in [3.8, 4) is 5.75 Å². The van der Waals surface area contributed by atoms with Gasteiger partial charge in [0, 0.05) is 54.4 Å². The third kappa shape index (κ3) is 19.6. The predicted octanol–water partition coefficient (Wildman–Crippen LogP) is 15.5. The van der Waals surface area contributed by atoms with E-state index in [0.717, 1.165) is 82.3 Å². The van der Waals surface area contributed by atoms with Crippen LogP contribution in [0.25, 0.3) is 0 Å². The summed E-state index contributed by atoms with van der Waals surface area (Å²) in [5.74, 6) is 0.879. The Labute approximate surface area is 374 Å². The molecule has 3 aromatic rings. The number of aryl methyl sites for hydroxylation is 1. The van der Waals surface area contributed by atoms with E-state index < -0.39 is 5.60 Å². The van der Waals surface area contributed by atoms with E-state index in [-0.39, 0.29) is 11.8 Å². The molecule has 0 saturated heterocycles. The van der Waals surface area contributed by atoms with Gasteiger partial charge in [-0.05, 0) is 130 Å². The minimum absolute atomic E-state index is 0.00207. The number of allylic oxidation sites excluding steroid dienone is 3. The first kappa shape index (κ1) is 57.5. The highest BCUT2D eigenvalue weighted by atomic mass is 35.5. The molecule has 2 unspecified atom stereocenters. The summed E-state index contributed by atoms with van der Waals surface area (Å²) >= 11 is 18.5. The van der Waals surface area contributed by atoms with Crippen molar-refractivity contribution < 1.29 is 19.1 Å². The minimum atomic E-state index is -0.410. The summed E-state index contributed by atoms with van der Waals surface area (Å²) in [5, 5.41) is 5.05. The van der Waals surface area contributed by atoms with Crippen molar-refractivity contribution in [1.82, 2.24) is 5.32 Å². The predicted molar refractivity (Wildman–Crippen MR) is 259 cm³/mol. The number of unbranched alkanes of at least 4 members (excludes halogenated alkanes) is 1. The van der Waals surface area contributed by atoms with Gasteiger partial charge in [-0.3, -0.25) is 14.5 Å². The maximum Gasteiger partial charge on any atom is 0.230 e. The molecule has 0 radical (unpaired) electrons. The van der Waals surface area contributed by atoms with E-state index in [0.29, 0.717) is 28.1 Å². The third-order valence-electron chi connectivity index (χ3n) is 9.80. The summed E-state index contributed by atoms with van der Waals surface area (Å²) in [6.45, 7) is 32.8. The first-order valence-corrected chi connectivity index (χ1v) is 22.1. The van der Waals surface area contributed by atoms with Gasteiger partial charge >= 0.3 is 0 Å². The van der Waals surface area contributed by atoms with E-state index >= 15 is 0 Å². The molecule has 59 heavy (non-hydrogen) atoms. The quantitative estimate of drug-likeness (QED) is 0.108. The van der Waals surface area contributed by atoms with Gasteiger partial charge in [-0.25, -0.2) is 0 Å². The van der Waals surface area contributed by atoms with Crippen LogP contribution in [-0.4, -0.2) is 38.7 Å². The normalized spacial score (nSPS) is 11.6. The largest absolute Gasteiger partial charge is 0.481 e. The van der Waals surface area contributed by atoms with Crippen LogP contribution in [0.15, 0.2) is 91.2 Å². The molecule has 0 saturated carbocycles. The molecule has 2 amide bonds. The molecule has 2 atom stereocenters. The first-order valence-electron chi connectivity index (χ1n) is 20.9. The Morgan fingerprint density at radius 1 is 0.898 bits per heavy atom. The molecule has 3 aromatic carbocycles. The average Bonchev–Trinajstić information content (AvgIpc) is 3.23. The van der Waals surface area contributed by atoms with Crippen molar-refractivity contribution in [2.45, 2.75) is 139 Å². The molecule has 0 heterocycles. The Morgan fingerprint density at radius 2 is 1.42 bits per heavy atom. The van der Waals surface area contributed by atoms with Crippen molar-refractivity contribution in [3.05, 3.63) is 128 Å².